The first-order chi connectivity index (χ1) is 12.0. The SMILES string of the molecule is C[C@H](NC(=O)[C@@H]1C[C@@H](O)CN1)c1ccc(-c2c(F)cccc2F)cn1. The first-order valence-corrected chi connectivity index (χ1v) is 8.08. The van der Waals surface area contributed by atoms with Crippen LogP contribution in [0.15, 0.2) is 36.5 Å². The van der Waals surface area contributed by atoms with E-state index in [1.807, 2.05) is 0 Å². The molecule has 7 heteroatoms. The number of aliphatic hydroxyl groups is 1. The molecule has 25 heavy (non-hydrogen) atoms. The smallest absolute Gasteiger partial charge is 0.237 e. The lowest BCUT2D eigenvalue weighted by Gasteiger charge is -2.17. The van der Waals surface area contributed by atoms with Gasteiger partial charge < -0.3 is 15.7 Å². The molecule has 1 fully saturated rings. The number of hydrogen-bond donors (Lipinski definition) is 3. The summed E-state index contributed by atoms with van der Waals surface area (Å²) in [5.41, 5.74) is 0.785. The molecule has 0 saturated carbocycles. The molecule has 2 aromatic rings. The summed E-state index contributed by atoms with van der Waals surface area (Å²) in [6, 6.07) is 6.10. The van der Waals surface area contributed by atoms with Gasteiger partial charge in [-0.25, -0.2) is 8.78 Å². The maximum absolute atomic E-state index is 13.8. The van der Waals surface area contributed by atoms with Gasteiger partial charge in [0.15, 0.2) is 0 Å². The fraction of sp³-hybridized carbons (Fsp3) is 0.333. The number of amides is 1. The molecule has 5 nitrogen and oxygen atoms in total. The molecule has 3 N–H and O–H groups in total. The normalized spacial score (nSPS) is 21.1. The second kappa shape index (κ2) is 7.25. The van der Waals surface area contributed by atoms with Gasteiger partial charge in [0.25, 0.3) is 0 Å². The third-order valence-electron chi connectivity index (χ3n) is 4.26. The average Bonchev–Trinajstić information content (AvgIpc) is 3.02. The monoisotopic (exact) mass is 347 g/mol. The van der Waals surface area contributed by atoms with Gasteiger partial charge in [-0.05, 0) is 31.5 Å². The first-order valence-electron chi connectivity index (χ1n) is 8.08. The number of aliphatic hydroxyl groups excluding tert-OH is 1. The fourth-order valence-corrected chi connectivity index (χ4v) is 2.89. The van der Waals surface area contributed by atoms with Crippen molar-refractivity contribution in [3.8, 4) is 11.1 Å². The number of β-amino-alcohol motifs (C(OH)–C–C–N with tert-alkyl or cyclic N) is 1. The number of halogens is 2. The van der Waals surface area contributed by atoms with E-state index in [2.05, 4.69) is 15.6 Å². The van der Waals surface area contributed by atoms with Crippen molar-refractivity contribution < 1.29 is 18.7 Å². The number of nitrogens with one attached hydrogen (secondary N) is 2. The number of carbonyl (C=O) groups is 1. The van der Waals surface area contributed by atoms with Crippen LogP contribution in [0.1, 0.15) is 25.1 Å². The lowest BCUT2D eigenvalue weighted by atomic mass is 10.1. The maximum Gasteiger partial charge on any atom is 0.237 e. The van der Waals surface area contributed by atoms with Crippen molar-refractivity contribution in [2.24, 2.45) is 0 Å². The first kappa shape index (κ1) is 17.4. The minimum Gasteiger partial charge on any atom is -0.392 e. The summed E-state index contributed by atoms with van der Waals surface area (Å²) in [7, 11) is 0. The topological polar surface area (TPSA) is 74.2 Å². The predicted octanol–water partition coefficient (Wildman–Crippen LogP) is 1.93. The molecule has 1 aromatic heterocycles. The van der Waals surface area contributed by atoms with Gasteiger partial charge in [-0.3, -0.25) is 9.78 Å². The van der Waals surface area contributed by atoms with Gasteiger partial charge in [-0.2, -0.15) is 0 Å². The van der Waals surface area contributed by atoms with Crippen molar-refractivity contribution in [2.45, 2.75) is 31.5 Å². The van der Waals surface area contributed by atoms with E-state index in [1.165, 1.54) is 24.4 Å². The molecular formula is C18H19F2N3O2. The zero-order valence-electron chi connectivity index (χ0n) is 13.7. The van der Waals surface area contributed by atoms with Gasteiger partial charge in [-0.1, -0.05) is 12.1 Å². The van der Waals surface area contributed by atoms with Gasteiger partial charge in [-0.15, -0.1) is 0 Å². The molecule has 0 aliphatic carbocycles. The highest BCUT2D eigenvalue weighted by molar-refractivity contribution is 5.82. The van der Waals surface area contributed by atoms with Gasteiger partial charge in [0.05, 0.1) is 29.4 Å². The Labute approximate surface area is 144 Å². The highest BCUT2D eigenvalue weighted by Crippen LogP contribution is 2.26. The van der Waals surface area contributed by atoms with Crippen molar-refractivity contribution in [3.63, 3.8) is 0 Å². The lowest BCUT2D eigenvalue weighted by molar-refractivity contribution is -0.123. The molecule has 0 spiro atoms. The lowest BCUT2D eigenvalue weighted by Crippen LogP contribution is -2.41. The van der Waals surface area contributed by atoms with Crippen molar-refractivity contribution in [1.29, 1.82) is 0 Å². The minimum atomic E-state index is -0.651. The van der Waals surface area contributed by atoms with Crippen LogP contribution in [0.5, 0.6) is 0 Å². The summed E-state index contributed by atoms with van der Waals surface area (Å²) in [4.78, 5) is 16.4. The number of benzene rings is 1. The second-order valence-corrected chi connectivity index (χ2v) is 6.15. The zero-order chi connectivity index (χ0) is 18.0. The summed E-state index contributed by atoms with van der Waals surface area (Å²) in [5.74, 6) is -1.52. The van der Waals surface area contributed by atoms with Gasteiger partial charge in [0, 0.05) is 18.3 Å². The summed E-state index contributed by atoms with van der Waals surface area (Å²) >= 11 is 0. The number of pyridine rings is 1. The Balaban J connectivity index is 1.70. The van der Waals surface area contributed by atoms with Crippen molar-refractivity contribution >= 4 is 5.91 Å². The van der Waals surface area contributed by atoms with Crippen LogP contribution in [0.25, 0.3) is 11.1 Å². The Morgan fingerprint density at radius 2 is 2.04 bits per heavy atom. The largest absolute Gasteiger partial charge is 0.392 e. The molecule has 132 valence electrons. The highest BCUT2D eigenvalue weighted by Gasteiger charge is 2.28. The molecule has 1 aliphatic rings. The quantitative estimate of drug-likeness (QED) is 0.790. The van der Waals surface area contributed by atoms with Crippen molar-refractivity contribution in [3.05, 3.63) is 53.9 Å². The Bertz CT molecular complexity index is 747. The number of rotatable bonds is 4. The fourth-order valence-electron chi connectivity index (χ4n) is 2.89. The molecular weight excluding hydrogens is 328 g/mol. The molecule has 1 aromatic carbocycles. The predicted molar refractivity (Wildman–Crippen MR) is 88.6 cm³/mol. The Morgan fingerprint density at radius 1 is 1.32 bits per heavy atom. The number of aromatic nitrogens is 1. The molecule has 1 aliphatic heterocycles. The van der Waals surface area contributed by atoms with E-state index in [0.29, 0.717) is 24.2 Å². The molecule has 3 rings (SSSR count). The van der Waals surface area contributed by atoms with E-state index < -0.39 is 23.8 Å². The maximum atomic E-state index is 13.8. The Morgan fingerprint density at radius 3 is 2.60 bits per heavy atom. The van der Waals surface area contributed by atoms with Crippen LogP contribution in [-0.2, 0) is 4.79 Å². The third kappa shape index (κ3) is 3.83. The molecule has 3 atom stereocenters. The van der Waals surface area contributed by atoms with Crippen LogP contribution < -0.4 is 10.6 Å². The third-order valence-corrected chi connectivity index (χ3v) is 4.26. The van der Waals surface area contributed by atoms with Crippen molar-refractivity contribution in [2.75, 3.05) is 6.54 Å². The molecule has 0 unspecified atom stereocenters. The van der Waals surface area contributed by atoms with E-state index in [9.17, 15) is 18.7 Å². The van der Waals surface area contributed by atoms with Crippen LogP contribution >= 0.6 is 0 Å². The highest BCUT2D eigenvalue weighted by atomic mass is 19.1. The summed E-state index contributed by atoms with van der Waals surface area (Å²) in [6.07, 6.45) is 1.24. The van der Waals surface area contributed by atoms with Gasteiger partial charge in [0.2, 0.25) is 5.91 Å². The number of carbonyl (C=O) groups excluding carboxylic acids is 1. The van der Waals surface area contributed by atoms with Gasteiger partial charge in [0.1, 0.15) is 11.6 Å². The van der Waals surface area contributed by atoms with E-state index in [1.54, 1.807) is 19.1 Å². The summed E-state index contributed by atoms with van der Waals surface area (Å²) in [6.45, 7) is 2.17. The van der Waals surface area contributed by atoms with Crippen LogP contribution in [0.3, 0.4) is 0 Å². The van der Waals surface area contributed by atoms with Crippen LogP contribution in [0.2, 0.25) is 0 Å². The second-order valence-electron chi connectivity index (χ2n) is 6.15. The minimum absolute atomic E-state index is 0.123. The number of hydrogen-bond acceptors (Lipinski definition) is 4. The van der Waals surface area contributed by atoms with E-state index in [-0.39, 0.29) is 17.5 Å². The van der Waals surface area contributed by atoms with E-state index in [4.69, 9.17) is 0 Å². The Kier molecular flexibility index (Phi) is 5.06. The average molecular weight is 347 g/mol. The van der Waals surface area contributed by atoms with Crippen molar-refractivity contribution in [1.82, 2.24) is 15.6 Å². The van der Waals surface area contributed by atoms with Crippen LogP contribution in [-0.4, -0.2) is 34.7 Å². The van der Waals surface area contributed by atoms with E-state index in [0.717, 1.165) is 0 Å². The molecule has 1 amide bonds. The molecule has 0 radical (unpaired) electrons. The van der Waals surface area contributed by atoms with Gasteiger partial charge >= 0.3 is 0 Å². The zero-order valence-corrected chi connectivity index (χ0v) is 13.7. The number of nitrogens with zero attached hydrogens (tertiary/aromatic N) is 1. The molecule has 2 heterocycles. The summed E-state index contributed by atoms with van der Waals surface area (Å²) in [5, 5.41) is 15.2. The summed E-state index contributed by atoms with van der Waals surface area (Å²) < 4.78 is 27.6. The molecule has 0 bridgehead atoms. The standard InChI is InChI=1S/C18H19F2N3O2/c1-10(23-18(25)16-7-12(24)9-22-16)15-6-5-11(8-21-15)17-13(19)3-2-4-14(17)20/h2-6,8,10,12,16,22,24H,7,9H2,1H3,(H,23,25)/t10-,12+,16-/m0/s1. The van der Waals surface area contributed by atoms with E-state index >= 15 is 0 Å². The Hall–Kier alpha value is -2.38. The molecule has 1 saturated heterocycles. The van der Waals surface area contributed by atoms with Crippen LogP contribution in [0.4, 0.5) is 8.78 Å². The van der Waals surface area contributed by atoms with Crippen LogP contribution in [0, 0.1) is 11.6 Å².